The molecule has 0 saturated heterocycles. The van der Waals surface area contributed by atoms with Crippen LogP contribution in [0.4, 0.5) is 4.79 Å². The molecular weight excluding hydrogens is 274 g/mol. The molecule has 0 spiro atoms. The molecule has 0 atom stereocenters. The summed E-state index contributed by atoms with van der Waals surface area (Å²) in [6.45, 7) is 2.23. The summed E-state index contributed by atoms with van der Waals surface area (Å²) < 4.78 is 5.18. The third kappa shape index (κ3) is 6.42. The van der Waals surface area contributed by atoms with E-state index >= 15 is 0 Å². The van der Waals surface area contributed by atoms with Gasteiger partial charge in [0.05, 0.1) is 0 Å². The Bertz CT molecular complexity index is 499. The lowest BCUT2D eigenvalue weighted by molar-refractivity contribution is -0.122. The highest BCUT2D eigenvalue weighted by Crippen LogP contribution is 2.11. The summed E-state index contributed by atoms with van der Waals surface area (Å²) in [7, 11) is 0. The number of primary amides is 1. The molecule has 0 radical (unpaired) electrons. The van der Waals surface area contributed by atoms with Crippen molar-refractivity contribution in [3.63, 3.8) is 0 Å². The first kappa shape index (κ1) is 16.5. The minimum absolute atomic E-state index is 0.295. The van der Waals surface area contributed by atoms with E-state index in [0.29, 0.717) is 17.9 Å². The molecular formula is C14H19N3O4. The van der Waals surface area contributed by atoms with E-state index in [9.17, 15) is 14.4 Å². The van der Waals surface area contributed by atoms with Crippen LogP contribution in [0.25, 0.3) is 0 Å². The first-order valence-corrected chi connectivity index (χ1v) is 6.63. The van der Waals surface area contributed by atoms with Gasteiger partial charge in [-0.1, -0.05) is 13.3 Å². The van der Waals surface area contributed by atoms with E-state index in [4.69, 9.17) is 10.5 Å². The molecule has 0 bridgehead atoms. The standard InChI is InChI=1S/C14H19N3O4/c1-2-3-8-16-14(20)17-12(18)9-21-11-6-4-10(5-7-11)13(15)19/h4-7H,2-3,8-9H2,1H3,(H2,15,19)(H2,16,17,18,20). The lowest BCUT2D eigenvalue weighted by atomic mass is 10.2. The molecule has 7 nitrogen and oxygen atoms in total. The molecule has 7 heteroatoms. The van der Waals surface area contributed by atoms with Gasteiger partial charge in [-0.2, -0.15) is 0 Å². The van der Waals surface area contributed by atoms with Gasteiger partial charge in [0.1, 0.15) is 5.75 Å². The number of hydrogen-bond acceptors (Lipinski definition) is 4. The fourth-order valence-electron chi connectivity index (χ4n) is 1.45. The molecule has 0 aliphatic rings. The zero-order chi connectivity index (χ0) is 15.7. The van der Waals surface area contributed by atoms with Crippen molar-refractivity contribution in [2.75, 3.05) is 13.2 Å². The molecule has 0 saturated carbocycles. The Kier molecular flexibility index (Phi) is 6.73. The lowest BCUT2D eigenvalue weighted by Gasteiger charge is -2.08. The molecule has 1 aromatic rings. The van der Waals surface area contributed by atoms with Crippen LogP contribution in [0, 0.1) is 0 Å². The summed E-state index contributed by atoms with van der Waals surface area (Å²) in [5.41, 5.74) is 5.45. The predicted molar refractivity (Wildman–Crippen MR) is 76.9 cm³/mol. The Morgan fingerprint density at radius 2 is 1.86 bits per heavy atom. The quantitative estimate of drug-likeness (QED) is 0.645. The van der Waals surface area contributed by atoms with Crippen molar-refractivity contribution in [3.05, 3.63) is 29.8 Å². The summed E-state index contributed by atoms with van der Waals surface area (Å²) in [6, 6.07) is 5.49. The van der Waals surface area contributed by atoms with E-state index in [-0.39, 0.29) is 6.61 Å². The number of hydrogen-bond donors (Lipinski definition) is 3. The number of rotatable bonds is 7. The van der Waals surface area contributed by atoms with E-state index in [1.807, 2.05) is 6.92 Å². The molecule has 4 N–H and O–H groups in total. The van der Waals surface area contributed by atoms with E-state index in [1.165, 1.54) is 24.3 Å². The highest BCUT2D eigenvalue weighted by Gasteiger charge is 2.08. The molecule has 0 aliphatic carbocycles. The van der Waals surface area contributed by atoms with Crippen molar-refractivity contribution in [2.24, 2.45) is 5.73 Å². The van der Waals surface area contributed by atoms with Crippen LogP contribution in [-0.4, -0.2) is 31.0 Å². The predicted octanol–water partition coefficient (Wildman–Crippen LogP) is 0.790. The summed E-state index contributed by atoms with van der Waals surface area (Å²) in [5, 5.41) is 4.71. The number of carbonyl (C=O) groups excluding carboxylic acids is 3. The lowest BCUT2D eigenvalue weighted by Crippen LogP contribution is -2.41. The van der Waals surface area contributed by atoms with Gasteiger partial charge in [0.15, 0.2) is 6.61 Å². The maximum Gasteiger partial charge on any atom is 0.321 e. The van der Waals surface area contributed by atoms with Crippen LogP contribution in [0.3, 0.4) is 0 Å². The second-order valence-electron chi connectivity index (χ2n) is 4.33. The largest absolute Gasteiger partial charge is 0.484 e. The zero-order valence-electron chi connectivity index (χ0n) is 11.8. The zero-order valence-corrected chi connectivity index (χ0v) is 11.8. The van der Waals surface area contributed by atoms with Crippen molar-refractivity contribution < 1.29 is 19.1 Å². The summed E-state index contributed by atoms with van der Waals surface area (Å²) in [6.07, 6.45) is 1.81. The number of imide groups is 1. The third-order valence-electron chi connectivity index (χ3n) is 2.58. The van der Waals surface area contributed by atoms with Gasteiger partial charge in [-0.15, -0.1) is 0 Å². The summed E-state index contributed by atoms with van der Waals surface area (Å²) >= 11 is 0. The highest BCUT2D eigenvalue weighted by atomic mass is 16.5. The highest BCUT2D eigenvalue weighted by molar-refractivity contribution is 5.95. The van der Waals surface area contributed by atoms with Crippen molar-refractivity contribution in [1.29, 1.82) is 0 Å². The Hall–Kier alpha value is -2.57. The normalized spacial score (nSPS) is 9.76. The minimum Gasteiger partial charge on any atom is -0.484 e. The number of urea groups is 1. The van der Waals surface area contributed by atoms with Gasteiger partial charge in [0.25, 0.3) is 5.91 Å². The van der Waals surface area contributed by atoms with Crippen molar-refractivity contribution in [2.45, 2.75) is 19.8 Å². The number of ether oxygens (including phenoxy) is 1. The summed E-state index contributed by atoms with van der Waals surface area (Å²) in [5.74, 6) is -0.687. The van der Waals surface area contributed by atoms with Crippen LogP contribution in [0.15, 0.2) is 24.3 Å². The maximum absolute atomic E-state index is 11.5. The number of amides is 4. The van der Waals surface area contributed by atoms with Crippen LogP contribution in [0.1, 0.15) is 30.1 Å². The molecule has 1 rings (SSSR count). The van der Waals surface area contributed by atoms with Gasteiger partial charge < -0.3 is 15.8 Å². The molecule has 0 unspecified atom stereocenters. The number of nitrogens with two attached hydrogens (primary N) is 1. The molecule has 4 amide bonds. The van der Waals surface area contributed by atoms with Gasteiger partial charge in [0, 0.05) is 12.1 Å². The van der Waals surface area contributed by atoms with Gasteiger partial charge in [-0.05, 0) is 30.7 Å². The second-order valence-corrected chi connectivity index (χ2v) is 4.33. The molecule has 0 aromatic heterocycles. The topological polar surface area (TPSA) is 111 Å². The van der Waals surface area contributed by atoms with Crippen LogP contribution in [-0.2, 0) is 4.79 Å². The Balaban J connectivity index is 2.32. The van der Waals surface area contributed by atoms with Crippen molar-refractivity contribution in [3.8, 4) is 5.75 Å². The smallest absolute Gasteiger partial charge is 0.321 e. The maximum atomic E-state index is 11.5. The first-order valence-electron chi connectivity index (χ1n) is 6.63. The average molecular weight is 293 g/mol. The minimum atomic E-state index is -0.553. The third-order valence-corrected chi connectivity index (χ3v) is 2.58. The molecule has 0 aliphatic heterocycles. The molecule has 114 valence electrons. The SMILES string of the molecule is CCCCNC(=O)NC(=O)COc1ccc(C(N)=O)cc1. The molecule has 0 fully saturated rings. The fraction of sp³-hybridized carbons (Fsp3) is 0.357. The van der Waals surface area contributed by atoms with Crippen LogP contribution >= 0.6 is 0 Å². The van der Waals surface area contributed by atoms with Crippen LogP contribution in [0.5, 0.6) is 5.75 Å². The Morgan fingerprint density at radius 3 is 2.43 bits per heavy atom. The molecule has 21 heavy (non-hydrogen) atoms. The van der Waals surface area contributed by atoms with Crippen LogP contribution in [0.2, 0.25) is 0 Å². The number of carbonyl (C=O) groups is 3. The first-order chi connectivity index (χ1) is 10.0. The van der Waals surface area contributed by atoms with Crippen molar-refractivity contribution >= 4 is 17.8 Å². The van der Waals surface area contributed by atoms with E-state index in [2.05, 4.69) is 10.6 Å². The van der Waals surface area contributed by atoms with Gasteiger partial charge in [0.2, 0.25) is 5.91 Å². The molecule has 0 heterocycles. The number of benzene rings is 1. The van der Waals surface area contributed by atoms with Gasteiger partial charge in [-0.25, -0.2) is 4.79 Å². The number of nitrogens with one attached hydrogen (secondary N) is 2. The second kappa shape index (κ2) is 8.57. The van der Waals surface area contributed by atoms with Crippen LogP contribution < -0.4 is 21.1 Å². The van der Waals surface area contributed by atoms with E-state index in [0.717, 1.165) is 12.8 Å². The Labute approximate surface area is 122 Å². The van der Waals surface area contributed by atoms with E-state index < -0.39 is 17.8 Å². The monoisotopic (exact) mass is 293 g/mol. The van der Waals surface area contributed by atoms with E-state index in [1.54, 1.807) is 0 Å². The van der Waals surface area contributed by atoms with Gasteiger partial charge >= 0.3 is 6.03 Å². The molecule has 1 aromatic carbocycles. The Morgan fingerprint density at radius 1 is 1.19 bits per heavy atom. The van der Waals surface area contributed by atoms with Crippen molar-refractivity contribution in [1.82, 2.24) is 10.6 Å². The number of unbranched alkanes of at least 4 members (excludes halogenated alkanes) is 1. The summed E-state index contributed by atoms with van der Waals surface area (Å²) in [4.78, 5) is 33.7. The van der Waals surface area contributed by atoms with Gasteiger partial charge in [-0.3, -0.25) is 14.9 Å². The fourth-order valence-corrected chi connectivity index (χ4v) is 1.45. The average Bonchev–Trinajstić information content (AvgIpc) is 2.46.